The van der Waals surface area contributed by atoms with Crippen LogP contribution in [-0.4, -0.2) is 19.6 Å². The van der Waals surface area contributed by atoms with Crippen LogP contribution in [0.3, 0.4) is 0 Å². The number of nitrogen functional groups attached to an aromatic ring is 1. The summed E-state index contributed by atoms with van der Waals surface area (Å²) in [4.78, 5) is 12.0. The van der Waals surface area contributed by atoms with Gasteiger partial charge in [0.1, 0.15) is 5.75 Å². The van der Waals surface area contributed by atoms with Gasteiger partial charge in [-0.2, -0.15) is 0 Å². The van der Waals surface area contributed by atoms with Crippen molar-refractivity contribution in [2.45, 2.75) is 26.2 Å². The van der Waals surface area contributed by atoms with Gasteiger partial charge in [-0.1, -0.05) is 13.3 Å². The highest BCUT2D eigenvalue weighted by atomic mass is 16.5. The molecule has 0 saturated heterocycles. The van der Waals surface area contributed by atoms with E-state index in [1.165, 1.54) is 19.3 Å². The lowest BCUT2D eigenvalue weighted by Crippen LogP contribution is -2.28. The molecule has 0 heterocycles. The molecule has 3 N–H and O–H groups in total. The molecule has 0 spiro atoms. The van der Waals surface area contributed by atoms with Crippen LogP contribution in [0, 0.1) is 11.8 Å². The maximum absolute atomic E-state index is 12.0. The number of carbonyl (C=O) groups is 1. The molecule has 1 saturated carbocycles. The summed E-state index contributed by atoms with van der Waals surface area (Å²) in [6.45, 7) is 3.03. The average molecular weight is 262 g/mol. The predicted molar refractivity (Wildman–Crippen MR) is 76.2 cm³/mol. The van der Waals surface area contributed by atoms with E-state index in [1.807, 2.05) is 0 Å². The van der Waals surface area contributed by atoms with E-state index in [2.05, 4.69) is 12.2 Å². The molecule has 0 aliphatic heterocycles. The Morgan fingerprint density at radius 3 is 2.84 bits per heavy atom. The van der Waals surface area contributed by atoms with Gasteiger partial charge in [-0.15, -0.1) is 0 Å². The van der Waals surface area contributed by atoms with Gasteiger partial charge in [0.05, 0.1) is 12.8 Å². The largest absolute Gasteiger partial charge is 0.495 e. The number of nitrogens with one attached hydrogen (secondary N) is 1. The molecule has 4 nitrogen and oxygen atoms in total. The zero-order valence-electron chi connectivity index (χ0n) is 11.6. The van der Waals surface area contributed by atoms with Crippen molar-refractivity contribution in [2.24, 2.45) is 11.8 Å². The van der Waals surface area contributed by atoms with E-state index in [4.69, 9.17) is 10.5 Å². The molecule has 1 fully saturated rings. The number of hydrogen-bond acceptors (Lipinski definition) is 3. The molecule has 2 rings (SSSR count). The summed E-state index contributed by atoms with van der Waals surface area (Å²) in [5, 5.41) is 2.99. The van der Waals surface area contributed by atoms with Crippen LogP contribution >= 0.6 is 0 Å². The quantitative estimate of drug-likeness (QED) is 0.819. The van der Waals surface area contributed by atoms with Crippen LogP contribution in [0.4, 0.5) is 5.69 Å². The van der Waals surface area contributed by atoms with Crippen LogP contribution in [-0.2, 0) is 0 Å². The highest BCUT2D eigenvalue weighted by Gasteiger charge is 2.21. The maximum atomic E-state index is 12.0. The summed E-state index contributed by atoms with van der Waals surface area (Å²) < 4.78 is 5.08. The van der Waals surface area contributed by atoms with E-state index in [0.29, 0.717) is 22.9 Å². The Labute approximate surface area is 114 Å². The molecular formula is C15H22N2O2. The monoisotopic (exact) mass is 262 g/mol. The fraction of sp³-hybridized carbons (Fsp3) is 0.533. The van der Waals surface area contributed by atoms with Crippen molar-refractivity contribution < 1.29 is 9.53 Å². The first-order valence-electron chi connectivity index (χ1n) is 6.82. The lowest BCUT2D eigenvalue weighted by atomic mass is 10.1. The molecule has 4 heteroatoms. The molecule has 2 atom stereocenters. The van der Waals surface area contributed by atoms with E-state index >= 15 is 0 Å². The van der Waals surface area contributed by atoms with Crippen LogP contribution in [0.2, 0.25) is 0 Å². The van der Waals surface area contributed by atoms with E-state index in [-0.39, 0.29) is 5.91 Å². The van der Waals surface area contributed by atoms with Gasteiger partial charge in [0.25, 0.3) is 5.91 Å². The second kappa shape index (κ2) is 5.95. The second-order valence-electron chi connectivity index (χ2n) is 5.45. The van der Waals surface area contributed by atoms with Gasteiger partial charge < -0.3 is 15.8 Å². The second-order valence-corrected chi connectivity index (χ2v) is 5.45. The van der Waals surface area contributed by atoms with Gasteiger partial charge in [-0.05, 0) is 42.9 Å². The Morgan fingerprint density at radius 2 is 2.26 bits per heavy atom. The summed E-state index contributed by atoms with van der Waals surface area (Å²) in [6, 6.07) is 5.12. The number of methoxy groups -OCH3 is 1. The van der Waals surface area contributed by atoms with Crippen LogP contribution in [0.25, 0.3) is 0 Å². The number of hydrogen-bond donors (Lipinski definition) is 2. The lowest BCUT2D eigenvalue weighted by molar-refractivity contribution is 0.0947. The Hall–Kier alpha value is -1.71. The average Bonchev–Trinajstić information content (AvgIpc) is 2.81. The van der Waals surface area contributed by atoms with Gasteiger partial charge in [-0.25, -0.2) is 0 Å². The number of nitrogens with two attached hydrogens (primary N) is 1. The molecule has 1 amide bonds. The number of carbonyl (C=O) groups excluding carboxylic acids is 1. The molecule has 0 aromatic heterocycles. The molecule has 1 aromatic rings. The molecule has 1 aliphatic carbocycles. The van der Waals surface area contributed by atoms with Crippen molar-refractivity contribution in [2.75, 3.05) is 19.4 Å². The van der Waals surface area contributed by atoms with Gasteiger partial charge in [0.2, 0.25) is 0 Å². The minimum absolute atomic E-state index is 0.0612. The summed E-state index contributed by atoms with van der Waals surface area (Å²) in [5.41, 5.74) is 6.88. The molecule has 104 valence electrons. The third kappa shape index (κ3) is 3.40. The Balaban J connectivity index is 1.91. The van der Waals surface area contributed by atoms with Crippen molar-refractivity contribution >= 4 is 11.6 Å². The molecular weight excluding hydrogens is 240 g/mol. The number of amides is 1. The first kappa shape index (κ1) is 13.7. The van der Waals surface area contributed by atoms with Gasteiger partial charge in [0.15, 0.2) is 0 Å². The first-order chi connectivity index (χ1) is 9.10. The van der Waals surface area contributed by atoms with Gasteiger partial charge >= 0.3 is 0 Å². The fourth-order valence-corrected chi connectivity index (χ4v) is 2.73. The van der Waals surface area contributed by atoms with Crippen LogP contribution in [0.1, 0.15) is 36.5 Å². The van der Waals surface area contributed by atoms with Crippen molar-refractivity contribution in [3.8, 4) is 5.75 Å². The van der Waals surface area contributed by atoms with Crippen LogP contribution < -0.4 is 15.8 Å². The minimum Gasteiger partial charge on any atom is -0.495 e. The van der Waals surface area contributed by atoms with Gasteiger partial charge in [0, 0.05) is 12.1 Å². The van der Waals surface area contributed by atoms with Crippen molar-refractivity contribution in [3.63, 3.8) is 0 Å². The Kier molecular flexibility index (Phi) is 4.30. The van der Waals surface area contributed by atoms with E-state index in [1.54, 1.807) is 25.3 Å². The predicted octanol–water partition coefficient (Wildman–Crippen LogP) is 2.44. The van der Waals surface area contributed by atoms with E-state index in [0.717, 1.165) is 12.5 Å². The summed E-state index contributed by atoms with van der Waals surface area (Å²) in [5.74, 6) is 1.95. The van der Waals surface area contributed by atoms with Gasteiger partial charge in [-0.3, -0.25) is 4.79 Å². The summed E-state index contributed by atoms with van der Waals surface area (Å²) >= 11 is 0. The maximum Gasteiger partial charge on any atom is 0.251 e. The normalized spacial score (nSPS) is 22.2. The smallest absolute Gasteiger partial charge is 0.251 e. The third-order valence-corrected chi connectivity index (χ3v) is 3.85. The fourth-order valence-electron chi connectivity index (χ4n) is 2.73. The first-order valence-corrected chi connectivity index (χ1v) is 6.82. The Morgan fingerprint density at radius 1 is 1.47 bits per heavy atom. The van der Waals surface area contributed by atoms with E-state index < -0.39 is 0 Å². The Bertz CT molecular complexity index is 459. The summed E-state index contributed by atoms with van der Waals surface area (Å²) in [7, 11) is 1.56. The standard InChI is InChI=1S/C15H22N2O2/c1-10-3-4-11(7-10)9-17-15(18)12-5-6-14(19-2)13(16)8-12/h5-6,8,10-11H,3-4,7,9,16H2,1-2H3,(H,17,18). The lowest BCUT2D eigenvalue weighted by Gasteiger charge is -2.12. The SMILES string of the molecule is COc1ccc(C(=O)NCC2CCC(C)C2)cc1N. The highest BCUT2D eigenvalue weighted by Crippen LogP contribution is 2.29. The van der Waals surface area contributed by atoms with Crippen LogP contribution in [0.15, 0.2) is 18.2 Å². The van der Waals surface area contributed by atoms with Crippen molar-refractivity contribution in [1.29, 1.82) is 0 Å². The van der Waals surface area contributed by atoms with Crippen LogP contribution in [0.5, 0.6) is 5.75 Å². The zero-order chi connectivity index (χ0) is 13.8. The zero-order valence-corrected chi connectivity index (χ0v) is 11.6. The summed E-state index contributed by atoms with van der Waals surface area (Å²) in [6.07, 6.45) is 3.70. The number of ether oxygens (including phenoxy) is 1. The molecule has 1 aliphatic rings. The number of benzene rings is 1. The number of anilines is 1. The topological polar surface area (TPSA) is 64.3 Å². The molecule has 2 unspecified atom stereocenters. The van der Waals surface area contributed by atoms with Crippen molar-refractivity contribution in [1.82, 2.24) is 5.32 Å². The molecule has 0 radical (unpaired) electrons. The minimum atomic E-state index is -0.0612. The molecule has 0 bridgehead atoms. The van der Waals surface area contributed by atoms with Crippen molar-refractivity contribution in [3.05, 3.63) is 23.8 Å². The molecule has 1 aromatic carbocycles. The van der Waals surface area contributed by atoms with E-state index in [9.17, 15) is 4.79 Å². The molecule has 19 heavy (non-hydrogen) atoms. The third-order valence-electron chi connectivity index (χ3n) is 3.85. The highest BCUT2D eigenvalue weighted by molar-refractivity contribution is 5.95. The number of rotatable bonds is 4.